The first-order chi connectivity index (χ1) is 12.6. The molecule has 7 nitrogen and oxygen atoms in total. The second-order valence-corrected chi connectivity index (χ2v) is 6.72. The number of aliphatic hydroxyl groups is 1. The first kappa shape index (κ1) is 18.4. The van der Waals surface area contributed by atoms with Crippen LogP contribution in [0.5, 0.6) is 5.75 Å². The Balaban J connectivity index is 1.62. The van der Waals surface area contributed by atoms with Crippen LogP contribution in [0.1, 0.15) is 36.2 Å². The molecule has 1 unspecified atom stereocenters. The van der Waals surface area contributed by atoms with Crippen LogP contribution >= 0.6 is 0 Å². The van der Waals surface area contributed by atoms with Gasteiger partial charge in [0, 0.05) is 31.3 Å². The van der Waals surface area contributed by atoms with E-state index in [1.165, 1.54) is 0 Å². The van der Waals surface area contributed by atoms with Gasteiger partial charge in [-0.05, 0) is 44.0 Å². The summed E-state index contributed by atoms with van der Waals surface area (Å²) in [7, 11) is 1.60. The quantitative estimate of drug-likeness (QED) is 0.827. The first-order valence-electron chi connectivity index (χ1n) is 8.96. The number of carbonyl (C=O) groups excluding carboxylic acids is 1. The van der Waals surface area contributed by atoms with E-state index >= 15 is 0 Å². The molecule has 26 heavy (non-hydrogen) atoms. The average Bonchev–Trinajstić information content (AvgIpc) is 3.10. The summed E-state index contributed by atoms with van der Waals surface area (Å²) in [5.41, 5.74) is 0.574. The van der Waals surface area contributed by atoms with Crippen LogP contribution in [0.2, 0.25) is 0 Å². The lowest BCUT2D eigenvalue weighted by molar-refractivity contribution is 0.0987. The Morgan fingerprint density at radius 3 is 2.62 bits per heavy atom. The molecule has 1 aliphatic rings. The fourth-order valence-corrected chi connectivity index (χ4v) is 3.36. The van der Waals surface area contributed by atoms with Crippen molar-refractivity contribution < 1.29 is 14.6 Å². The van der Waals surface area contributed by atoms with Crippen molar-refractivity contribution >= 4 is 11.7 Å². The Labute approximate surface area is 153 Å². The molecule has 7 heteroatoms. The number of nitrogens with one attached hydrogen (secondary N) is 1. The van der Waals surface area contributed by atoms with E-state index in [0.717, 1.165) is 31.7 Å². The monoisotopic (exact) mass is 358 g/mol. The second-order valence-electron chi connectivity index (χ2n) is 6.72. The van der Waals surface area contributed by atoms with Crippen molar-refractivity contribution in [1.82, 2.24) is 14.7 Å². The zero-order chi connectivity index (χ0) is 18.5. The van der Waals surface area contributed by atoms with E-state index in [9.17, 15) is 9.90 Å². The van der Waals surface area contributed by atoms with Crippen LogP contribution in [0.25, 0.3) is 0 Å². The minimum atomic E-state index is -0.310. The van der Waals surface area contributed by atoms with E-state index < -0.39 is 0 Å². The molecule has 3 rings (SSSR count). The molecule has 140 valence electrons. The molecule has 0 aliphatic carbocycles. The van der Waals surface area contributed by atoms with Gasteiger partial charge < -0.3 is 20.1 Å². The highest BCUT2D eigenvalue weighted by molar-refractivity contribution is 6.03. The van der Waals surface area contributed by atoms with Crippen LogP contribution in [0.4, 0.5) is 5.82 Å². The molecule has 1 aliphatic heterocycles. The molecule has 1 aromatic heterocycles. The molecule has 2 N–H and O–H groups in total. The van der Waals surface area contributed by atoms with Crippen molar-refractivity contribution in [2.45, 2.75) is 31.9 Å². The van der Waals surface area contributed by atoms with E-state index in [1.807, 2.05) is 17.7 Å². The smallest absolute Gasteiger partial charge is 0.256 e. The average molecular weight is 358 g/mol. The summed E-state index contributed by atoms with van der Waals surface area (Å²) in [6, 6.07) is 9.09. The van der Waals surface area contributed by atoms with E-state index in [0.29, 0.717) is 17.9 Å². The molecule has 0 saturated carbocycles. The molecule has 2 aromatic rings. The van der Waals surface area contributed by atoms with Gasteiger partial charge in [-0.25, -0.2) is 4.68 Å². The Morgan fingerprint density at radius 2 is 2.00 bits per heavy atom. The van der Waals surface area contributed by atoms with Gasteiger partial charge in [-0.15, -0.1) is 0 Å². The fraction of sp³-hybridized carbons (Fsp3) is 0.474. The van der Waals surface area contributed by atoms with Gasteiger partial charge in [-0.3, -0.25) is 4.79 Å². The predicted molar refractivity (Wildman–Crippen MR) is 99.6 cm³/mol. The molecule has 0 bridgehead atoms. The van der Waals surface area contributed by atoms with Gasteiger partial charge in [0.25, 0.3) is 5.91 Å². The van der Waals surface area contributed by atoms with Gasteiger partial charge in [0.2, 0.25) is 0 Å². The van der Waals surface area contributed by atoms with E-state index in [4.69, 9.17) is 4.74 Å². The molecular formula is C19H26N4O3. The number of carbonyl (C=O) groups is 1. The van der Waals surface area contributed by atoms with Crippen molar-refractivity contribution in [2.75, 3.05) is 32.1 Å². The van der Waals surface area contributed by atoms with Crippen LogP contribution in [0.3, 0.4) is 0 Å². The lowest BCUT2D eigenvalue weighted by Gasteiger charge is -2.33. The summed E-state index contributed by atoms with van der Waals surface area (Å²) in [5, 5.41) is 16.9. The number of benzene rings is 1. The number of piperidine rings is 1. The van der Waals surface area contributed by atoms with Crippen molar-refractivity contribution in [2.24, 2.45) is 0 Å². The fourth-order valence-electron chi connectivity index (χ4n) is 3.36. The van der Waals surface area contributed by atoms with Crippen molar-refractivity contribution in [3.8, 4) is 5.75 Å². The maximum absolute atomic E-state index is 12.5. The minimum Gasteiger partial charge on any atom is -0.497 e. The van der Waals surface area contributed by atoms with Crippen LogP contribution in [-0.2, 0) is 0 Å². The third-order valence-electron chi connectivity index (χ3n) is 4.69. The second kappa shape index (κ2) is 8.33. The summed E-state index contributed by atoms with van der Waals surface area (Å²) in [6.07, 6.45) is 3.29. The Morgan fingerprint density at radius 1 is 1.31 bits per heavy atom. The zero-order valence-corrected chi connectivity index (χ0v) is 15.3. The lowest BCUT2D eigenvalue weighted by Crippen LogP contribution is -2.39. The highest BCUT2D eigenvalue weighted by atomic mass is 16.5. The number of rotatable bonds is 6. The van der Waals surface area contributed by atoms with Gasteiger partial charge in [0.1, 0.15) is 11.6 Å². The summed E-state index contributed by atoms with van der Waals surface area (Å²) in [4.78, 5) is 14.8. The molecule has 1 fully saturated rings. The Bertz CT molecular complexity index is 719. The molecule has 0 spiro atoms. The summed E-state index contributed by atoms with van der Waals surface area (Å²) >= 11 is 0. The highest BCUT2D eigenvalue weighted by Crippen LogP contribution is 2.25. The molecular weight excluding hydrogens is 332 g/mol. The van der Waals surface area contributed by atoms with Crippen LogP contribution in [0.15, 0.2) is 36.5 Å². The number of hydrogen-bond donors (Lipinski definition) is 2. The molecule has 1 atom stereocenters. The number of ether oxygens (including phenoxy) is 1. The Kier molecular flexibility index (Phi) is 5.90. The number of β-amino-alcohol motifs (C(OH)–C–C–N with tert-alkyl or cyclic N) is 1. The third kappa shape index (κ3) is 4.42. The lowest BCUT2D eigenvalue weighted by atomic mass is 10.0. The SMILES string of the molecule is COc1ccc(C(=O)Nc2ccnn2C2CCN(CC(C)O)CC2)cc1. The Hall–Kier alpha value is -2.38. The van der Waals surface area contributed by atoms with Crippen molar-refractivity contribution in [3.05, 3.63) is 42.1 Å². The van der Waals surface area contributed by atoms with Gasteiger partial charge in [-0.2, -0.15) is 5.10 Å². The largest absolute Gasteiger partial charge is 0.497 e. The molecule has 0 radical (unpaired) electrons. The molecule has 1 amide bonds. The van der Waals surface area contributed by atoms with Gasteiger partial charge >= 0.3 is 0 Å². The van der Waals surface area contributed by atoms with Crippen LogP contribution in [-0.4, -0.2) is 58.5 Å². The number of amides is 1. The number of aromatic nitrogens is 2. The summed E-state index contributed by atoms with van der Waals surface area (Å²) in [5.74, 6) is 1.26. The topological polar surface area (TPSA) is 79.6 Å². The molecule has 2 heterocycles. The zero-order valence-electron chi connectivity index (χ0n) is 15.3. The number of methoxy groups -OCH3 is 1. The standard InChI is InChI=1S/C19H26N4O3/c1-14(24)13-22-11-8-16(9-12-22)23-18(7-10-20-23)21-19(25)15-3-5-17(26-2)6-4-15/h3-7,10,14,16,24H,8-9,11-13H2,1-2H3,(H,21,25). The molecule has 1 saturated heterocycles. The third-order valence-corrected chi connectivity index (χ3v) is 4.69. The number of hydrogen-bond acceptors (Lipinski definition) is 5. The van der Waals surface area contributed by atoms with E-state index in [1.54, 1.807) is 37.6 Å². The minimum absolute atomic E-state index is 0.166. The maximum atomic E-state index is 12.5. The predicted octanol–water partition coefficient (Wildman–Crippen LogP) is 2.16. The van der Waals surface area contributed by atoms with Crippen molar-refractivity contribution in [1.29, 1.82) is 0 Å². The number of nitrogens with zero attached hydrogens (tertiary/aromatic N) is 3. The summed E-state index contributed by atoms with van der Waals surface area (Å²) < 4.78 is 7.02. The first-order valence-corrected chi connectivity index (χ1v) is 8.96. The number of anilines is 1. The number of aliphatic hydroxyl groups excluding tert-OH is 1. The van der Waals surface area contributed by atoms with E-state index in [2.05, 4.69) is 15.3 Å². The van der Waals surface area contributed by atoms with Crippen LogP contribution in [0, 0.1) is 0 Å². The normalized spacial score (nSPS) is 17.0. The van der Waals surface area contributed by atoms with Crippen LogP contribution < -0.4 is 10.1 Å². The summed E-state index contributed by atoms with van der Waals surface area (Å²) in [6.45, 7) is 4.35. The highest BCUT2D eigenvalue weighted by Gasteiger charge is 2.23. The molecule has 1 aromatic carbocycles. The number of likely N-dealkylation sites (tertiary alicyclic amines) is 1. The van der Waals surface area contributed by atoms with Crippen molar-refractivity contribution in [3.63, 3.8) is 0 Å². The van der Waals surface area contributed by atoms with Gasteiger partial charge in [-0.1, -0.05) is 0 Å². The van der Waals surface area contributed by atoms with Gasteiger partial charge in [0.15, 0.2) is 0 Å². The van der Waals surface area contributed by atoms with Gasteiger partial charge in [0.05, 0.1) is 25.5 Å². The van der Waals surface area contributed by atoms with E-state index in [-0.39, 0.29) is 18.1 Å². The maximum Gasteiger partial charge on any atom is 0.256 e.